The van der Waals surface area contributed by atoms with Crippen molar-refractivity contribution in [1.82, 2.24) is 20.0 Å². The highest BCUT2D eigenvalue weighted by atomic mass is 16.2. The van der Waals surface area contributed by atoms with Crippen LogP contribution in [-0.2, 0) is 9.59 Å². The van der Waals surface area contributed by atoms with Crippen molar-refractivity contribution >= 4 is 17.9 Å². The molecule has 6 nitrogen and oxygen atoms in total. The first-order valence-corrected chi connectivity index (χ1v) is 10.2. The van der Waals surface area contributed by atoms with E-state index in [0.29, 0.717) is 13.0 Å². The number of benzene rings is 1. The van der Waals surface area contributed by atoms with E-state index in [9.17, 15) is 9.59 Å². The van der Waals surface area contributed by atoms with Gasteiger partial charge in [0.15, 0.2) is 0 Å². The zero-order valence-corrected chi connectivity index (χ0v) is 17.0. The van der Waals surface area contributed by atoms with Gasteiger partial charge < -0.3 is 15.1 Å². The van der Waals surface area contributed by atoms with Crippen molar-refractivity contribution in [3.05, 3.63) is 42.0 Å². The lowest BCUT2D eigenvalue weighted by Crippen LogP contribution is -2.49. The highest BCUT2D eigenvalue weighted by Crippen LogP contribution is 2.40. The molecule has 28 heavy (non-hydrogen) atoms. The number of amides is 2. The molecule has 1 aromatic carbocycles. The molecule has 2 aliphatic rings. The topological polar surface area (TPSA) is 55.9 Å². The van der Waals surface area contributed by atoms with Crippen molar-refractivity contribution in [3.8, 4) is 0 Å². The van der Waals surface area contributed by atoms with Gasteiger partial charge in [-0.25, -0.2) is 0 Å². The SMILES string of the molecule is CN(C)CCNC(=O)C1CC1C(=O)N1CCN(C/C=C/c2ccccc2)CC1. The summed E-state index contributed by atoms with van der Waals surface area (Å²) in [4.78, 5) is 31.2. The third-order valence-electron chi connectivity index (χ3n) is 5.46. The second kappa shape index (κ2) is 9.85. The Labute approximate surface area is 168 Å². The van der Waals surface area contributed by atoms with Gasteiger partial charge in [0.25, 0.3) is 0 Å². The number of nitrogens with one attached hydrogen (secondary N) is 1. The predicted molar refractivity (Wildman–Crippen MR) is 112 cm³/mol. The Hall–Kier alpha value is -2.18. The van der Waals surface area contributed by atoms with Crippen molar-refractivity contribution in [3.63, 3.8) is 0 Å². The maximum Gasteiger partial charge on any atom is 0.226 e. The molecule has 1 aliphatic heterocycles. The first kappa shape index (κ1) is 20.6. The summed E-state index contributed by atoms with van der Waals surface area (Å²) in [6, 6.07) is 10.3. The number of likely N-dealkylation sites (N-methyl/N-ethyl adjacent to an activating group) is 1. The number of hydrogen-bond donors (Lipinski definition) is 1. The summed E-state index contributed by atoms with van der Waals surface area (Å²) in [5.74, 6) is -0.0393. The minimum absolute atomic E-state index is 0.0323. The van der Waals surface area contributed by atoms with Crippen LogP contribution in [0.1, 0.15) is 12.0 Å². The van der Waals surface area contributed by atoms with Crippen LogP contribution < -0.4 is 5.32 Å². The van der Waals surface area contributed by atoms with Gasteiger partial charge in [0.1, 0.15) is 0 Å². The Morgan fingerprint density at radius 1 is 1.11 bits per heavy atom. The van der Waals surface area contributed by atoms with Crippen LogP contribution in [0.5, 0.6) is 0 Å². The standard InChI is InChI=1S/C22H32N4O2/c1-24(2)12-10-23-21(27)19-17-20(19)22(28)26-15-13-25(14-16-26)11-6-9-18-7-4-3-5-8-18/h3-9,19-20H,10-17H2,1-2H3,(H,23,27)/b9-6+. The molecule has 6 heteroatoms. The molecule has 1 aliphatic carbocycles. The van der Waals surface area contributed by atoms with Crippen molar-refractivity contribution in [2.45, 2.75) is 6.42 Å². The molecule has 1 heterocycles. The first-order chi connectivity index (χ1) is 13.5. The lowest BCUT2D eigenvalue weighted by atomic mass is 10.2. The molecule has 1 N–H and O–H groups in total. The van der Waals surface area contributed by atoms with Crippen molar-refractivity contribution in [2.24, 2.45) is 11.8 Å². The number of rotatable bonds is 8. The molecule has 2 unspecified atom stereocenters. The molecule has 1 saturated heterocycles. The zero-order valence-electron chi connectivity index (χ0n) is 17.0. The number of carbonyl (C=O) groups is 2. The Balaban J connectivity index is 1.35. The quantitative estimate of drug-likeness (QED) is 0.731. The highest BCUT2D eigenvalue weighted by molar-refractivity contribution is 5.92. The van der Waals surface area contributed by atoms with Crippen LogP contribution in [0.25, 0.3) is 6.08 Å². The number of piperazine rings is 1. The molecule has 2 amide bonds. The predicted octanol–water partition coefficient (Wildman–Crippen LogP) is 1.16. The van der Waals surface area contributed by atoms with Crippen LogP contribution in [-0.4, -0.2) is 86.4 Å². The second-order valence-corrected chi connectivity index (χ2v) is 7.98. The van der Waals surface area contributed by atoms with Gasteiger partial charge in [-0.15, -0.1) is 0 Å². The molecule has 0 bridgehead atoms. The molecular formula is C22H32N4O2. The smallest absolute Gasteiger partial charge is 0.226 e. The van der Waals surface area contributed by atoms with Gasteiger partial charge in [0, 0.05) is 45.8 Å². The molecule has 1 aromatic rings. The van der Waals surface area contributed by atoms with E-state index in [1.807, 2.05) is 42.1 Å². The summed E-state index contributed by atoms with van der Waals surface area (Å²) in [5.41, 5.74) is 1.21. The Bertz CT molecular complexity index is 681. The third kappa shape index (κ3) is 5.91. The molecule has 0 spiro atoms. The van der Waals surface area contributed by atoms with Gasteiger partial charge in [-0.3, -0.25) is 14.5 Å². The van der Waals surface area contributed by atoms with Crippen molar-refractivity contribution in [2.75, 3.05) is 59.9 Å². The van der Waals surface area contributed by atoms with Gasteiger partial charge in [-0.1, -0.05) is 42.5 Å². The Kier molecular flexibility index (Phi) is 7.23. The van der Waals surface area contributed by atoms with Crippen LogP contribution in [0.2, 0.25) is 0 Å². The average molecular weight is 385 g/mol. The fraction of sp³-hybridized carbons (Fsp3) is 0.545. The van der Waals surface area contributed by atoms with E-state index in [2.05, 4.69) is 34.5 Å². The molecule has 0 radical (unpaired) electrons. The van der Waals surface area contributed by atoms with Crippen molar-refractivity contribution < 1.29 is 9.59 Å². The summed E-state index contributed by atoms with van der Waals surface area (Å²) in [6.45, 7) is 5.63. The summed E-state index contributed by atoms with van der Waals surface area (Å²) < 4.78 is 0. The minimum atomic E-state index is -0.124. The fourth-order valence-electron chi connectivity index (χ4n) is 3.58. The van der Waals surface area contributed by atoms with Gasteiger partial charge in [0.05, 0.1) is 11.8 Å². The van der Waals surface area contributed by atoms with Crippen LogP contribution in [0.3, 0.4) is 0 Å². The van der Waals surface area contributed by atoms with Gasteiger partial charge in [0.2, 0.25) is 11.8 Å². The summed E-state index contributed by atoms with van der Waals surface area (Å²) in [6.07, 6.45) is 5.02. The van der Waals surface area contributed by atoms with E-state index in [0.717, 1.165) is 39.3 Å². The van der Waals surface area contributed by atoms with E-state index >= 15 is 0 Å². The van der Waals surface area contributed by atoms with Crippen LogP contribution in [0.4, 0.5) is 0 Å². The van der Waals surface area contributed by atoms with E-state index in [4.69, 9.17) is 0 Å². The Morgan fingerprint density at radius 2 is 1.82 bits per heavy atom. The molecule has 152 valence electrons. The average Bonchev–Trinajstić information content (AvgIpc) is 3.49. The molecule has 2 atom stereocenters. The Morgan fingerprint density at radius 3 is 2.50 bits per heavy atom. The third-order valence-corrected chi connectivity index (χ3v) is 5.46. The molecule has 0 aromatic heterocycles. The van der Waals surface area contributed by atoms with E-state index in [1.165, 1.54) is 5.56 Å². The van der Waals surface area contributed by atoms with E-state index in [1.54, 1.807) is 0 Å². The van der Waals surface area contributed by atoms with Gasteiger partial charge in [-0.05, 0) is 26.1 Å². The lowest BCUT2D eigenvalue weighted by molar-refractivity contribution is -0.136. The summed E-state index contributed by atoms with van der Waals surface area (Å²) in [7, 11) is 3.96. The van der Waals surface area contributed by atoms with Gasteiger partial charge in [-0.2, -0.15) is 0 Å². The highest BCUT2D eigenvalue weighted by Gasteiger charge is 2.49. The second-order valence-electron chi connectivity index (χ2n) is 7.98. The summed E-state index contributed by atoms with van der Waals surface area (Å²) >= 11 is 0. The van der Waals surface area contributed by atoms with Crippen molar-refractivity contribution in [1.29, 1.82) is 0 Å². The monoisotopic (exact) mass is 384 g/mol. The number of hydrogen-bond acceptors (Lipinski definition) is 4. The number of nitrogens with zero attached hydrogens (tertiary/aromatic N) is 3. The molecule has 2 fully saturated rings. The van der Waals surface area contributed by atoms with Crippen LogP contribution in [0.15, 0.2) is 36.4 Å². The normalized spacial score (nSPS) is 22.6. The van der Waals surface area contributed by atoms with E-state index in [-0.39, 0.29) is 23.7 Å². The summed E-state index contributed by atoms with van der Waals surface area (Å²) in [5, 5.41) is 2.94. The van der Waals surface area contributed by atoms with Crippen LogP contribution >= 0.6 is 0 Å². The largest absolute Gasteiger partial charge is 0.355 e. The number of carbonyl (C=O) groups excluding carboxylic acids is 2. The minimum Gasteiger partial charge on any atom is -0.355 e. The van der Waals surface area contributed by atoms with Crippen LogP contribution in [0, 0.1) is 11.8 Å². The van der Waals surface area contributed by atoms with E-state index < -0.39 is 0 Å². The molecular weight excluding hydrogens is 352 g/mol. The van der Waals surface area contributed by atoms with Gasteiger partial charge >= 0.3 is 0 Å². The fourth-order valence-corrected chi connectivity index (χ4v) is 3.58. The zero-order chi connectivity index (χ0) is 19.9. The lowest BCUT2D eigenvalue weighted by Gasteiger charge is -2.34. The maximum absolute atomic E-state index is 12.7. The first-order valence-electron chi connectivity index (χ1n) is 10.2. The molecule has 1 saturated carbocycles. The molecule has 3 rings (SSSR count). The maximum atomic E-state index is 12.7.